The SMILES string of the molecule is FC(F)(F)c1nc2c(C(Cl)(Cl)Cl)cccc2[nH]1. The van der Waals surface area contributed by atoms with Gasteiger partial charge in [-0.1, -0.05) is 46.9 Å². The van der Waals surface area contributed by atoms with Crippen LogP contribution in [0.3, 0.4) is 0 Å². The van der Waals surface area contributed by atoms with Gasteiger partial charge in [0.25, 0.3) is 0 Å². The van der Waals surface area contributed by atoms with Crippen LogP contribution in [0.5, 0.6) is 0 Å². The summed E-state index contributed by atoms with van der Waals surface area (Å²) in [6.45, 7) is 0. The zero-order valence-corrected chi connectivity index (χ0v) is 10.2. The normalized spacial score (nSPS) is 13.3. The van der Waals surface area contributed by atoms with Crippen molar-refractivity contribution >= 4 is 45.8 Å². The number of hydrogen-bond acceptors (Lipinski definition) is 1. The zero-order chi connectivity index (χ0) is 12.8. The summed E-state index contributed by atoms with van der Waals surface area (Å²) in [6.07, 6.45) is -4.57. The zero-order valence-electron chi connectivity index (χ0n) is 7.95. The quantitative estimate of drug-likeness (QED) is 0.718. The Morgan fingerprint density at radius 3 is 2.29 bits per heavy atom. The number of nitrogens with zero attached hydrogens (tertiary/aromatic N) is 1. The van der Waals surface area contributed by atoms with E-state index in [4.69, 9.17) is 34.8 Å². The first kappa shape index (κ1) is 12.8. The molecule has 0 amide bonds. The molecule has 17 heavy (non-hydrogen) atoms. The fourth-order valence-corrected chi connectivity index (χ4v) is 1.85. The van der Waals surface area contributed by atoms with E-state index in [0.717, 1.165) is 0 Å². The van der Waals surface area contributed by atoms with Gasteiger partial charge in [-0.2, -0.15) is 13.2 Å². The van der Waals surface area contributed by atoms with Crippen molar-refractivity contribution in [1.29, 1.82) is 0 Å². The largest absolute Gasteiger partial charge is 0.449 e. The molecule has 1 aromatic carbocycles. The Bertz CT molecular complexity index is 557. The first-order valence-corrected chi connectivity index (χ1v) is 5.46. The summed E-state index contributed by atoms with van der Waals surface area (Å²) in [5.41, 5.74) is 0.271. The molecular formula is C9H4Cl3F3N2. The van der Waals surface area contributed by atoms with Crippen molar-refractivity contribution in [2.75, 3.05) is 0 Å². The highest BCUT2D eigenvalue weighted by atomic mass is 35.6. The van der Waals surface area contributed by atoms with Gasteiger partial charge in [0.1, 0.15) is 0 Å². The lowest BCUT2D eigenvalue weighted by Gasteiger charge is -2.10. The number of hydrogen-bond donors (Lipinski definition) is 1. The Morgan fingerprint density at radius 1 is 1.12 bits per heavy atom. The molecular weight excluding hydrogens is 299 g/mol. The van der Waals surface area contributed by atoms with E-state index in [9.17, 15) is 13.2 Å². The molecule has 2 rings (SSSR count). The predicted octanol–water partition coefficient (Wildman–Crippen LogP) is 4.41. The van der Waals surface area contributed by atoms with Crippen molar-refractivity contribution in [3.63, 3.8) is 0 Å². The average Bonchev–Trinajstić information content (AvgIpc) is 2.57. The van der Waals surface area contributed by atoms with E-state index in [2.05, 4.69) is 9.97 Å². The van der Waals surface area contributed by atoms with Gasteiger partial charge in [-0.05, 0) is 6.07 Å². The van der Waals surface area contributed by atoms with Gasteiger partial charge >= 0.3 is 6.18 Å². The molecule has 0 aliphatic heterocycles. The van der Waals surface area contributed by atoms with E-state index in [-0.39, 0.29) is 16.6 Å². The van der Waals surface area contributed by atoms with E-state index in [1.165, 1.54) is 18.2 Å². The van der Waals surface area contributed by atoms with Gasteiger partial charge in [-0.15, -0.1) is 0 Å². The molecule has 2 aromatic rings. The van der Waals surface area contributed by atoms with Crippen LogP contribution >= 0.6 is 34.8 Å². The van der Waals surface area contributed by atoms with E-state index in [0.29, 0.717) is 0 Å². The lowest BCUT2D eigenvalue weighted by molar-refractivity contribution is -0.144. The number of alkyl halides is 6. The van der Waals surface area contributed by atoms with Crippen LogP contribution < -0.4 is 0 Å². The summed E-state index contributed by atoms with van der Waals surface area (Å²) in [7, 11) is 0. The molecule has 8 heteroatoms. The second kappa shape index (κ2) is 3.93. The maximum Gasteiger partial charge on any atom is 0.449 e. The van der Waals surface area contributed by atoms with Gasteiger partial charge in [-0.3, -0.25) is 0 Å². The van der Waals surface area contributed by atoms with Gasteiger partial charge < -0.3 is 4.98 Å². The number of aromatic amines is 1. The highest BCUT2D eigenvalue weighted by Crippen LogP contribution is 2.41. The number of fused-ring (bicyclic) bond motifs is 1. The van der Waals surface area contributed by atoms with Gasteiger partial charge in [0.15, 0.2) is 0 Å². The first-order valence-electron chi connectivity index (χ1n) is 4.33. The van der Waals surface area contributed by atoms with Crippen LogP contribution in [0.2, 0.25) is 0 Å². The third-order valence-corrected chi connectivity index (χ3v) is 2.70. The third kappa shape index (κ3) is 2.46. The smallest absolute Gasteiger partial charge is 0.334 e. The summed E-state index contributed by atoms with van der Waals surface area (Å²) in [4.78, 5) is 5.55. The number of benzene rings is 1. The van der Waals surface area contributed by atoms with E-state index < -0.39 is 15.8 Å². The van der Waals surface area contributed by atoms with Crippen molar-refractivity contribution in [2.24, 2.45) is 0 Å². The highest BCUT2D eigenvalue weighted by Gasteiger charge is 2.36. The van der Waals surface area contributed by atoms with Gasteiger partial charge in [0.2, 0.25) is 9.62 Å². The molecule has 1 heterocycles. The minimum Gasteiger partial charge on any atom is -0.334 e. The van der Waals surface area contributed by atoms with Crippen molar-refractivity contribution in [2.45, 2.75) is 9.97 Å². The van der Waals surface area contributed by atoms with Crippen LogP contribution in [-0.4, -0.2) is 9.97 Å². The van der Waals surface area contributed by atoms with Crippen molar-refractivity contribution < 1.29 is 13.2 Å². The van der Waals surface area contributed by atoms with E-state index in [1.54, 1.807) is 0 Å². The minimum absolute atomic E-state index is 0.000162. The van der Waals surface area contributed by atoms with Gasteiger partial charge in [-0.25, -0.2) is 4.98 Å². The van der Waals surface area contributed by atoms with Crippen LogP contribution in [-0.2, 0) is 9.97 Å². The molecule has 0 saturated carbocycles. The lowest BCUT2D eigenvalue weighted by atomic mass is 10.2. The second-order valence-corrected chi connectivity index (χ2v) is 5.56. The van der Waals surface area contributed by atoms with Crippen LogP contribution in [0.25, 0.3) is 11.0 Å². The molecule has 0 fully saturated rings. The van der Waals surface area contributed by atoms with Crippen LogP contribution in [0, 0.1) is 0 Å². The molecule has 1 aromatic heterocycles. The number of H-pyrrole nitrogens is 1. The number of aromatic nitrogens is 2. The third-order valence-electron chi connectivity index (χ3n) is 2.09. The molecule has 0 aliphatic rings. The van der Waals surface area contributed by atoms with Gasteiger partial charge in [0, 0.05) is 5.56 Å². The first-order chi connectivity index (χ1) is 7.69. The Hall–Kier alpha value is -0.650. The number of nitrogens with one attached hydrogen (secondary N) is 1. The Kier molecular flexibility index (Phi) is 2.96. The minimum atomic E-state index is -4.57. The number of halogens is 6. The van der Waals surface area contributed by atoms with Crippen LogP contribution in [0.15, 0.2) is 18.2 Å². The summed E-state index contributed by atoms with van der Waals surface area (Å²) in [5, 5.41) is 0. The van der Waals surface area contributed by atoms with Crippen LogP contribution in [0.4, 0.5) is 13.2 Å². The van der Waals surface area contributed by atoms with Crippen molar-refractivity contribution in [3.8, 4) is 0 Å². The Balaban J connectivity index is 2.70. The Labute approximate surface area is 109 Å². The molecule has 0 spiro atoms. The lowest BCUT2D eigenvalue weighted by Crippen LogP contribution is -2.07. The van der Waals surface area contributed by atoms with Crippen molar-refractivity contribution in [1.82, 2.24) is 9.97 Å². The Morgan fingerprint density at radius 2 is 1.76 bits per heavy atom. The second-order valence-electron chi connectivity index (χ2n) is 3.28. The summed E-state index contributed by atoms with van der Waals surface area (Å²) >= 11 is 17.0. The fourth-order valence-electron chi connectivity index (χ4n) is 1.40. The standard InChI is InChI=1S/C9H4Cl3F3N2/c10-8(11,12)4-2-1-3-5-6(4)17-7(16-5)9(13,14)15/h1-3H,(H,16,17). The summed E-state index contributed by atoms with van der Waals surface area (Å²) in [5.74, 6) is -1.12. The average molecular weight is 303 g/mol. The fraction of sp³-hybridized carbons (Fsp3) is 0.222. The maximum atomic E-state index is 12.5. The van der Waals surface area contributed by atoms with Gasteiger partial charge in [0.05, 0.1) is 11.0 Å². The topological polar surface area (TPSA) is 28.7 Å². The molecule has 0 saturated heterocycles. The van der Waals surface area contributed by atoms with Crippen molar-refractivity contribution in [3.05, 3.63) is 29.6 Å². The number of para-hydroxylation sites is 1. The van der Waals surface area contributed by atoms with E-state index in [1.807, 2.05) is 0 Å². The molecule has 92 valence electrons. The predicted molar refractivity (Wildman–Crippen MR) is 60.3 cm³/mol. The summed E-state index contributed by atoms with van der Waals surface area (Å²) in [6, 6.07) is 4.33. The molecule has 0 radical (unpaired) electrons. The maximum absolute atomic E-state index is 12.5. The highest BCUT2D eigenvalue weighted by molar-refractivity contribution is 6.67. The molecule has 0 unspecified atom stereocenters. The number of rotatable bonds is 0. The van der Waals surface area contributed by atoms with Crippen LogP contribution in [0.1, 0.15) is 11.4 Å². The number of imidazole rings is 1. The molecule has 0 atom stereocenters. The summed E-state index contributed by atoms with van der Waals surface area (Å²) < 4.78 is 35.6. The molecule has 0 bridgehead atoms. The molecule has 1 N–H and O–H groups in total. The molecule has 2 nitrogen and oxygen atoms in total. The monoisotopic (exact) mass is 302 g/mol. The van der Waals surface area contributed by atoms with E-state index >= 15 is 0 Å². The molecule has 0 aliphatic carbocycles.